The number of anilines is 3. The number of allylic oxidation sites excluding steroid dienone is 1. The van der Waals surface area contributed by atoms with Crippen molar-refractivity contribution in [3.8, 4) is 0 Å². The van der Waals surface area contributed by atoms with Crippen molar-refractivity contribution in [2.24, 2.45) is 0 Å². The molecule has 7 nitrogen and oxygen atoms in total. The van der Waals surface area contributed by atoms with Crippen LogP contribution in [-0.4, -0.2) is 26.9 Å². The van der Waals surface area contributed by atoms with Crippen molar-refractivity contribution < 1.29 is 4.52 Å². The van der Waals surface area contributed by atoms with Crippen LogP contribution in [-0.2, 0) is 0 Å². The van der Waals surface area contributed by atoms with E-state index in [1.807, 2.05) is 6.92 Å². The van der Waals surface area contributed by atoms with Crippen LogP contribution in [0.4, 0.5) is 17.6 Å². The van der Waals surface area contributed by atoms with Crippen molar-refractivity contribution in [2.45, 2.75) is 39.0 Å². The maximum atomic E-state index is 4.99. The molecule has 0 aromatic carbocycles. The molecule has 0 aliphatic heterocycles. The van der Waals surface area contributed by atoms with E-state index in [4.69, 9.17) is 4.52 Å². The molecule has 7 heteroatoms. The first-order valence-corrected chi connectivity index (χ1v) is 7.61. The molecule has 0 unspecified atom stereocenters. The van der Waals surface area contributed by atoms with E-state index in [0.29, 0.717) is 17.6 Å². The highest BCUT2D eigenvalue weighted by Gasteiger charge is 2.06. The molecule has 0 radical (unpaired) electrons. The first-order chi connectivity index (χ1) is 10.8. The van der Waals surface area contributed by atoms with Gasteiger partial charge < -0.3 is 15.2 Å². The van der Waals surface area contributed by atoms with Crippen LogP contribution in [0.3, 0.4) is 0 Å². The lowest BCUT2D eigenvalue weighted by Crippen LogP contribution is -2.08. The van der Waals surface area contributed by atoms with Crippen LogP contribution in [0.5, 0.6) is 0 Å². The summed E-state index contributed by atoms with van der Waals surface area (Å²) in [5, 5.41) is 18.0. The van der Waals surface area contributed by atoms with Crippen molar-refractivity contribution in [3.05, 3.63) is 29.7 Å². The van der Waals surface area contributed by atoms with Gasteiger partial charge in [0.1, 0.15) is 5.76 Å². The number of hydrogen-bond acceptors (Lipinski definition) is 7. The van der Waals surface area contributed by atoms with Gasteiger partial charge in [-0.25, -0.2) is 0 Å². The van der Waals surface area contributed by atoms with Gasteiger partial charge in [0.15, 0.2) is 11.6 Å². The van der Waals surface area contributed by atoms with Gasteiger partial charge >= 0.3 is 0 Å². The molecule has 1 aliphatic carbocycles. The van der Waals surface area contributed by atoms with Gasteiger partial charge in [-0.05, 0) is 39.0 Å². The Balaban J connectivity index is 1.53. The Morgan fingerprint density at radius 1 is 1.27 bits per heavy atom. The Morgan fingerprint density at radius 2 is 2.23 bits per heavy atom. The minimum atomic E-state index is 0.398. The summed E-state index contributed by atoms with van der Waals surface area (Å²) in [7, 11) is 0. The van der Waals surface area contributed by atoms with E-state index in [1.54, 1.807) is 12.3 Å². The molecule has 0 amide bonds. The van der Waals surface area contributed by atoms with Crippen molar-refractivity contribution in [1.82, 2.24) is 20.3 Å². The van der Waals surface area contributed by atoms with Crippen LogP contribution in [0.2, 0.25) is 0 Å². The summed E-state index contributed by atoms with van der Waals surface area (Å²) in [5.41, 5.74) is 1.54. The fourth-order valence-corrected chi connectivity index (χ4v) is 2.46. The van der Waals surface area contributed by atoms with E-state index in [9.17, 15) is 0 Å². The number of nitrogens with zero attached hydrogens (tertiary/aromatic N) is 4. The van der Waals surface area contributed by atoms with Gasteiger partial charge in [0.2, 0.25) is 5.95 Å². The second kappa shape index (κ2) is 7.02. The number of rotatable bonds is 6. The minimum absolute atomic E-state index is 0.398. The molecular formula is C15H20N6O. The van der Waals surface area contributed by atoms with Crippen molar-refractivity contribution in [1.29, 1.82) is 0 Å². The van der Waals surface area contributed by atoms with Crippen LogP contribution in [0.25, 0.3) is 0 Å². The maximum absolute atomic E-state index is 4.99. The van der Waals surface area contributed by atoms with Gasteiger partial charge in [0.05, 0.1) is 6.20 Å². The first-order valence-electron chi connectivity index (χ1n) is 7.61. The van der Waals surface area contributed by atoms with Gasteiger partial charge in [-0.2, -0.15) is 10.1 Å². The zero-order chi connectivity index (χ0) is 15.2. The highest BCUT2D eigenvalue weighted by molar-refractivity contribution is 5.48. The van der Waals surface area contributed by atoms with E-state index < -0.39 is 0 Å². The predicted octanol–water partition coefficient (Wildman–Crippen LogP) is 3.21. The average molecular weight is 300 g/mol. The summed E-state index contributed by atoms with van der Waals surface area (Å²) in [6, 6.07) is 1.78. The van der Waals surface area contributed by atoms with Crippen molar-refractivity contribution in [3.63, 3.8) is 0 Å². The quantitative estimate of drug-likeness (QED) is 0.792. The van der Waals surface area contributed by atoms with Crippen LogP contribution in [0, 0.1) is 6.92 Å². The third-order valence-electron chi connectivity index (χ3n) is 3.56. The maximum Gasteiger partial charge on any atom is 0.250 e. The number of aromatic nitrogens is 4. The molecule has 3 rings (SSSR count). The van der Waals surface area contributed by atoms with Gasteiger partial charge in [0, 0.05) is 12.6 Å². The summed E-state index contributed by atoms with van der Waals surface area (Å²) < 4.78 is 4.99. The Hall–Kier alpha value is -2.44. The normalized spacial score (nSPS) is 14.5. The minimum Gasteiger partial charge on any atom is -0.368 e. The van der Waals surface area contributed by atoms with E-state index in [-0.39, 0.29) is 0 Å². The van der Waals surface area contributed by atoms with Gasteiger partial charge in [-0.3, -0.25) is 0 Å². The molecule has 0 saturated heterocycles. The monoisotopic (exact) mass is 300 g/mol. The molecular weight excluding hydrogens is 280 g/mol. The van der Waals surface area contributed by atoms with Crippen LogP contribution in [0.1, 0.15) is 37.9 Å². The van der Waals surface area contributed by atoms with Crippen LogP contribution in [0.15, 0.2) is 28.4 Å². The summed E-state index contributed by atoms with van der Waals surface area (Å²) in [6.45, 7) is 2.68. The molecule has 1 aliphatic rings. The molecule has 0 fully saturated rings. The van der Waals surface area contributed by atoms with Gasteiger partial charge in [-0.15, -0.1) is 5.10 Å². The fourth-order valence-electron chi connectivity index (χ4n) is 2.46. The van der Waals surface area contributed by atoms with E-state index in [2.05, 4.69) is 37.0 Å². The van der Waals surface area contributed by atoms with E-state index >= 15 is 0 Å². The smallest absolute Gasteiger partial charge is 0.250 e. The second-order valence-corrected chi connectivity index (χ2v) is 5.40. The number of hydrogen-bond donors (Lipinski definition) is 2. The Kier molecular flexibility index (Phi) is 4.62. The average Bonchev–Trinajstić information content (AvgIpc) is 2.94. The summed E-state index contributed by atoms with van der Waals surface area (Å²) >= 11 is 0. The zero-order valence-electron chi connectivity index (χ0n) is 12.7. The Labute approximate surface area is 129 Å². The largest absolute Gasteiger partial charge is 0.368 e. The molecule has 0 spiro atoms. The lowest BCUT2D eigenvalue weighted by Gasteiger charge is -2.13. The molecule has 0 bridgehead atoms. The zero-order valence-corrected chi connectivity index (χ0v) is 12.7. The SMILES string of the molecule is Cc1cc(Nc2nncc(NCCC3=CCCCC3)n2)no1. The second-order valence-electron chi connectivity index (χ2n) is 5.40. The Bertz CT molecular complexity index is 651. The fraction of sp³-hybridized carbons (Fsp3) is 0.467. The van der Waals surface area contributed by atoms with Crippen LogP contribution < -0.4 is 10.6 Å². The van der Waals surface area contributed by atoms with Crippen molar-refractivity contribution >= 4 is 17.6 Å². The highest BCUT2D eigenvalue weighted by Crippen LogP contribution is 2.20. The molecule has 0 saturated carbocycles. The van der Waals surface area contributed by atoms with E-state index in [1.165, 1.54) is 31.3 Å². The van der Waals surface area contributed by atoms with Gasteiger partial charge in [0.25, 0.3) is 0 Å². The van der Waals surface area contributed by atoms with Crippen LogP contribution >= 0.6 is 0 Å². The highest BCUT2D eigenvalue weighted by atomic mass is 16.5. The topological polar surface area (TPSA) is 88.8 Å². The third kappa shape index (κ3) is 4.03. The molecule has 2 aromatic heterocycles. The van der Waals surface area contributed by atoms with Gasteiger partial charge in [-0.1, -0.05) is 16.8 Å². The number of aryl methyl sites for hydroxylation is 1. The molecule has 22 heavy (non-hydrogen) atoms. The molecule has 2 aromatic rings. The summed E-state index contributed by atoms with van der Waals surface area (Å²) in [6.07, 6.45) is 10.1. The predicted molar refractivity (Wildman–Crippen MR) is 84.0 cm³/mol. The van der Waals surface area contributed by atoms with Crippen molar-refractivity contribution in [2.75, 3.05) is 17.2 Å². The number of nitrogens with one attached hydrogen (secondary N) is 2. The molecule has 0 atom stereocenters. The Morgan fingerprint density at radius 3 is 3.00 bits per heavy atom. The summed E-state index contributed by atoms with van der Waals surface area (Å²) in [5.74, 6) is 2.40. The first kappa shape index (κ1) is 14.5. The molecule has 2 heterocycles. The molecule has 116 valence electrons. The lowest BCUT2D eigenvalue weighted by atomic mass is 9.97. The molecule has 2 N–H and O–H groups in total. The third-order valence-corrected chi connectivity index (χ3v) is 3.56. The summed E-state index contributed by atoms with van der Waals surface area (Å²) in [4.78, 5) is 4.36. The standard InChI is InChI=1S/C15H20N6O/c1-11-9-13(21-22-11)18-15-19-14(10-17-20-15)16-8-7-12-5-3-2-4-6-12/h5,9-10H,2-4,6-8H2,1H3,(H2,16,18,19,20,21). The van der Waals surface area contributed by atoms with E-state index in [0.717, 1.165) is 18.7 Å². The lowest BCUT2D eigenvalue weighted by molar-refractivity contribution is 0.400.